The third-order valence-corrected chi connectivity index (χ3v) is 3.84. The zero-order valence-electron chi connectivity index (χ0n) is 14.4. The third-order valence-electron chi connectivity index (χ3n) is 3.84. The van der Waals surface area contributed by atoms with Crippen LogP contribution in [-0.2, 0) is 19.7 Å². The first-order chi connectivity index (χ1) is 11.5. The van der Waals surface area contributed by atoms with Gasteiger partial charge in [-0.25, -0.2) is 4.39 Å². The van der Waals surface area contributed by atoms with E-state index in [9.17, 15) is 4.39 Å². The number of aliphatic hydroxyl groups excluding tert-OH is 1. The Labute approximate surface area is 142 Å². The lowest BCUT2D eigenvalue weighted by atomic mass is 10.1. The van der Waals surface area contributed by atoms with Crippen molar-refractivity contribution in [3.8, 4) is 0 Å². The summed E-state index contributed by atoms with van der Waals surface area (Å²) in [4.78, 5) is 6.31. The van der Waals surface area contributed by atoms with E-state index in [2.05, 4.69) is 41.5 Å². The maximum atomic E-state index is 13.4. The summed E-state index contributed by atoms with van der Waals surface area (Å²) in [5, 5.41) is 12.4. The number of benzene rings is 2. The fraction of sp³-hybridized carbons (Fsp3) is 0.316. The van der Waals surface area contributed by atoms with Crippen LogP contribution < -0.4 is 5.32 Å². The Kier molecular flexibility index (Phi) is 6.32. The number of nitrogens with one attached hydrogen (secondary N) is 1. The van der Waals surface area contributed by atoms with Crippen molar-refractivity contribution in [3.63, 3.8) is 0 Å². The van der Waals surface area contributed by atoms with Crippen molar-refractivity contribution in [1.29, 1.82) is 0 Å². The highest BCUT2D eigenvalue weighted by Gasteiger charge is 2.08. The van der Waals surface area contributed by atoms with Gasteiger partial charge in [-0.15, -0.1) is 0 Å². The topological polar surface area (TPSA) is 47.9 Å². The smallest absolute Gasteiger partial charge is 0.193 e. The second-order valence-electron chi connectivity index (χ2n) is 5.83. The predicted molar refractivity (Wildman–Crippen MR) is 95.2 cm³/mol. The van der Waals surface area contributed by atoms with Crippen molar-refractivity contribution >= 4 is 5.96 Å². The van der Waals surface area contributed by atoms with E-state index in [4.69, 9.17) is 5.11 Å². The van der Waals surface area contributed by atoms with Gasteiger partial charge in [-0.2, -0.15) is 0 Å². The van der Waals surface area contributed by atoms with Crippen LogP contribution in [0.3, 0.4) is 0 Å². The van der Waals surface area contributed by atoms with Gasteiger partial charge in [0.15, 0.2) is 5.96 Å². The lowest BCUT2D eigenvalue weighted by Crippen LogP contribution is -2.38. The summed E-state index contributed by atoms with van der Waals surface area (Å²) < 4.78 is 13.4. The van der Waals surface area contributed by atoms with Gasteiger partial charge in [0.05, 0.1) is 6.61 Å². The quantitative estimate of drug-likeness (QED) is 0.655. The van der Waals surface area contributed by atoms with Crippen LogP contribution in [0.15, 0.2) is 47.5 Å². The lowest BCUT2D eigenvalue weighted by molar-refractivity contribution is 0.275. The second-order valence-corrected chi connectivity index (χ2v) is 5.83. The molecule has 0 aliphatic carbocycles. The molecule has 0 aromatic heterocycles. The molecule has 0 amide bonds. The number of aryl methyl sites for hydroxylation is 1. The third kappa shape index (κ3) is 4.80. The fourth-order valence-corrected chi connectivity index (χ4v) is 2.47. The van der Waals surface area contributed by atoms with Gasteiger partial charge < -0.3 is 15.3 Å². The molecule has 0 spiro atoms. The first kappa shape index (κ1) is 17.9. The summed E-state index contributed by atoms with van der Waals surface area (Å²) in [7, 11) is 3.71. The van der Waals surface area contributed by atoms with Crippen molar-refractivity contribution in [2.75, 3.05) is 14.1 Å². The summed E-state index contributed by atoms with van der Waals surface area (Å²) in [5.41, 5.74) is 3.64. The van der Waals surface area contributed by atoms with E-state index in [-0.39, 0.29) is 12.4 Å². The maximum Gasteiger partial charge on any atom is 0.193 e. The van der Waals surface area contributed by atoms with Crippen molar-refractivity contribution in [3.05, 3.63) is 70.5 Å². The molecular formula is C19H24FN3O. The van der Waals surface area contributed by atoms with Crippen LogP contribution in [0.4, 0.5) is 4.39 Å². The highest BCUT2D eigenvalue weighted by Crippen LogP contribution is 2.11. The summed E-state index contributed by atoms with van der Waals surface area (Å²) in [5.74, 6) is 0.368. The van der Waals surface area contributed by atoms with Gasteiger partial charge in [0.25, 0.3) is 0 Å². The van der Waals surface area contributed by atoms with Crippen LogP contribution in [0.5, 0.6) is 0 Å². The molecule has 0 fully saturated rings. The van der Waals surface area contributed by atoms with Crippen LogP contribution in [0.1, 0.15) is 22.3 Å². The highest BCUT2D eigenvalue weighted by atomic mass is 19.1. The van der Waals surface area contributed by atoms with Crippen molar-refractivity contribution in [1.82, 2.24) is 10.2 Å². The number of rotatable bonds is 5. The number of guanidine groups is 1. The van der Waals surface area contributed by atoms with Crippen molar-refractivity contribution in [2.45, 2.75) is 26.6 Å². The molecule has 0 saturated carbocycles. The van der Waals surface area contributed by atoms with Gasteiger partial charge in [0.2, 0.25) is 0 Å². The fourth-order valence-electron chi connectivity index (χ4n) is 2.47. The molecule has 0 heterocycles. The van der Waals surface area contributed by atoms with Gasteiger partial charge in [0, 0.05) is 32.7 Å². The first-order valence-electron chi connectivity index (χ1n) is 7.89. The van der Waals surface area contributed by atoms with E-state index < -0.39 is 0 Å². The van der Waals surface area contributed by atoms with Crippen LogP contribution >= 0.6 is 0 Å². The number of hydrogen-bond acceptors (Lipinski definition) is 2. The maximum absolute atomic E-state index is 13.4. The van der Waals surface area contributed by atoms with Gasteiger partial charge in [-0.05, 0) is 30.2 Å². The van der Waals surface area contributed by atoms with Gasteiger partial charge in [-0.1, -0.05) is 35.9 Å². The number of nitrogens with zero attached hydrogens (tertiary/aromatic N) is 2. The number of aliphatic hydroxyl groups is 1. The standard InChI is InChI=1S/C19H24FN3O/c1-14-4-6-15(7-5-14)12-23(3)19(21-2)22-11-16-8-9-18(20)17(10-16)13-24/h4-10,24H,11-13H2,1-3H3,(H,21,22). The molecule has 5 heteroatoms. The second kappa shape index (κ2) is 8.45. The zero-order valence-corrected chi connectivity index (χ0v) is 14.4. The van der Waals surface area contributed by atoms with E-state index in [0.29, 0.717) is 12.1 Å². The Morgan fingerprint density at radius 3 is 2.46 bits per heavy atom. The minimum atomic E-state index is -0.387. The lowest BCUT2D eigenvalue weighted by Gasteiger charge is -2.22. The molecule has 0 radical (unpaired) electrons. The first-order valence-corrected chi connectivity index (χ1v) is 7.89. The number of halogens is 1. The molecule has 0 bridgehead atoms. The minimum absolute atomic E-state index is 0.303. The molecule has 2 N–H and O–H groups in total. The monoisotopic (exact) mass is 329 g/mol. The average Bonchev–Trinajstić information content (AvgIpc) is 2.58. The predicted octanol–water partition coefficient (Wildman–Crippen LogP) is 2.83. The van der Waals surface area contributed by atoms with Gasteiger partial charge in [-0.3, -0.25) is 4.99 Å². The Morgan fingerprint density at radius 2 is 1.83 bits per heavy atom. The molecule has 0 saturated heterocycles. The van der Waals surface area contributed by atoms with Crippen LogP contribution in [-0.4, -0.2) is 30.1 Å². The van der Waals surface area contributed by atoms with Crippen molar-refractivity contribution < 1.29 is 9.50 Å². The molecule has 0 aliphatic heterocycles. The number of aliphatic imine (C=N–C) groups is 1. The van der Waals surface area contributed by atoms with E-state index >= 15 is 0 Å². The summed E-state index contributed by atoms with van der Waals surface area (Å²) in [6.45, 7) is 3.02. The average molecular weight is 329 g/mol. The molecule has 2 aromatic carbocycles. The molecule has 0 unspecified atom stereocenters. The summed E-state index contributed by atoms with van der Waals surface area (Å²) in [6.07, 6.45) is 0. The van der Waals surface area contributed by atoms with Crippen LogP contribution in [0, 0.1) is 12.7 Å². The van der Waals surface area contributed by atoms with Crippen molar-refractivity contribution in [2.24, 2.45) is 4.99 Å². The van der Waals surface area contributed by atoms with E-state index in [0.717, 1.165) is 18.1 Å². The Balaban J connectivity index is 1.97. The largest absolute Gasteiger partial charge is 0.392 e. The SMILES string of the molecule is CN=C(NCc1ccc(F)c(CO)c1)N(C)Cc1ccc(C)cc1. The molecular weight excluding hydrogens is 305 g/mol. The van der Waals surface area contributed by atoms with E-state index in [1.807, 2.05) is 11.9 Å². The molecule has 0 aliphatic rings. The van der Waals surface area contributed by atoms with E-state index in [1.165, 1.54) is 17.2 Å². The van der Waals surface area contributed by atoms with Gasteiger partial charge in [0.1, 0.15) is 5.82 Å². The number of hydrogen-bond donors (Lipinski definition) is 2. The highest BCUT2D eigenvalue weighted by molar-refractivity contribution is 5.79. The molecule has 2 aromatic rings. The van der Waals surface area contributed by atoms with Gasteiger partial charge >= 0.3 is 0 Å². The zero-order chi connectivity index (χ0) is 17.5. The Bertz CT molecular complexity index is 698. The molecule has 4 nitrogen and oxygen atoms in total. The molecule has 128 valence electrons. The Hall–Kier alpha value is -2.40. The normalized spacial score (nSPS) is 11.5. The minimum Gasteiger partial charge on any atom is -0.392 e. The molecule has 0 atom stereocenters. The summed E-state index contributed by atoms with van der Waals surface area (Å²) in [6, 6.07) is 13.1. The molecule has 24 heavy (non-hydrogen) atoms. The van der Waals surface area contributed by atoms with Crippen LogP contribution in [0.2, 0.25) is 0 Å². The van der Waals surface area contributed by atoms with Crippen LogP contribution in [0.25, 0.3) is 0 Å². The summed E-state index contributed by atoms with van der Waals surface area (Å²) >= 11 is 0. The Morgan fingerprint density at radius 1 is 1.17 bits per heavy atom. The molecule has 2 rings (SSSR count). The van der Waals surface area contributed by atoms with E-state index in [1.54, 1.807) is 19.2 Å².